The molecule has 3 heteroatoms. The van der Waals surface area contributed by atoms with E-state index in [1.165, 1.54) is 10.3 Å². The van der Waals surface area contributed by atoms with E-state index in [-0.39, 0.29) is 0 Å². The number of benzene rings is 2. The summed E-state index contributed by atoms with van der Waals surface area (Å²) >= 11 is 1.54. The van der Waals surface area contributed by atoms with Crippen molar-refractivity contribution in [2.24, 2.45) is 0 Å². The van der Waals surface area contributed by atoms with Gasteiger partial charge in [-0.3, -0.25) is 0 Å². The topological polar surface area (TPSA) is 38.9 Å². The molecule has 0 saturated heterocycles. The number of hydrogen-bond acceptors (Lipinski definition) is 3. The van der Waals surface area contributed by atoms with E-state index in [0.717, 1.165) is 22.3 Å². The maximum atomic E-state index is 6.17. The van der Waals surface area contributed by atoms with Gasteiger partial charge in [0.15, 0.2) is 0 Å². The summed E-state index contributed by atoms with van der Waals surface area (Å²) in [6, 6.07) is 14.5. The SMILES string of the molecule is CC(C)c1cc2snc(-c3ccccc3)c2cc1N. The van der Waals surface area contributed by atoms with Crippen LogP contribution >= 0.6 is 11.5 Å². The van der Waals surface area contributed by atoms with Gasteiger partial charge in [-0.2, -0.15) is 4.37 Å². The highest BCUT2D eigenvalue weighted by atomic mass is 32.1. The molecule has 0 spiro atoms. The van der Waals surface area contributed by atoms with Gasteiger partial charge in [0.2, 0.25) is 0 Å². The van der Waals surface area contributed by atoms with Crippen LogP contribution in [-0.4, -0.2) is 4.37 Å². The van der Waals surface area contributed by atoms with E-state index in [1.807, 2.05) is 18.2 Å². The molecule has 19 heavy (non-hydrogen) atoms. The summed E-state index contributed by atoms with van der Waals surface area (Å²) < 4.78 is 5.80. The Morgan fingerprint density at radius 1 is 1.11 bits per heavy atom. The summed E-state index contributed by atoms with van der Waals surface area (Å²) in [7, 11) is 0. The molecule has 3 aromatic rings. The number of fused-ring (bicyclic) bond motifs is 1. The first-order valence-corrected chi connectivity index (χ1v) is 7.18. The Kier molecular flexibility index (Phi) is 2.99. The van der Waals surface area contributed by atoms with Crippen LogP contribution in [-0.2, 0) is 0 Å². The third-order valence-corrected chi connectivity index (χ3v) is 4.15. The molecule has 0 saturated carbocycles. The Hall–Kier alpha value is -1.87. The molecule has 2 nitrogen and oxygen atoms in total. The lowest BCUT2D eigenvalue weighted by molar-refractivity contribution is 0.872. The van der Waals surface area contributed by atoms with E-state index in [4.69, 9.17) is 5.73 Å². The largest absolute Gasteiger partial charge is 0.398 e. The normalized spacial score (nSPS) is 11.3. The van der Waals surface area contributed by atoms with Crippen molar-refractivity contribution in [2.45, 2.75) is 19.8 Å². The van der Waals surface area contributed by atoms with Crippen LogP contribution in [0.4, 0.5) is 5.69 Å². The summed E-state index contributed by atoms with van der Waals surface area (Å²) in [5, 5.41) is 1.15. The highest BCUT2D eigenvalue weighted by Crippen LogP contribution is 2.35. The summed E-state index contributed by atoms with van der Waals surface area (Å²) in [6.45, 7) is 4.33. The summed E-state index contributed by atoms with van der Waals surface area (Å²) in [5.41, 5.74) is 10.4. The highest BCUT2D eigenvalue weighted by molar-refractivity contribution is 7.13. The zero-order valence-corrected chi connectivity index (χ0v) is 11.9. The Labute approximate surface area is 117 Å². The fraction of sp³-hybridized carbons (Fsp3) is 0.188. The summed E-state index contributed by atoms with van der Waals surface area (Å²) in [6.07, 6.45) is 0. The monoisotopic (exact) mass is 268 g/mol. The molecule has 0 aliphatic rings. The molecule has 1 aromatic heterocycles. The van der Waals surface area contributed by atoms with E-state index < -0.39 is 0 Å². The molecule has 0 aliphatic heterocycles. The molecule has 1 heterocycles. The van der Waals surface area contributed by atoms with Gasteiger partial charge in [-0.15, -0.1) is 0 Å². The van der Waals surface area contributed by atoms with Gasteiger partial charge < -0.3 is 5.73 Å². The standard InChI is InChI=1S/C16H16N2S/c1-10(2)12-9-15-13(8-14(12)17)16(18-19-15)11-6-4-3-5-7-11/h3-10H,17H2,1-2H3. The van der Waals surface area contributed by atoms with Crippen LogP contribution in [0.1, 0.15) is 25.3 Å². The van der Waals surface area contributed by atoms with Crippen LogP contribution in [0.3, 0.4) is 0 Å². The smallest absolute Gasteiger partial charge is 0.0920 e. The minimum atomic E-state index is 0.437. The van der Waals surface area contributed by atoms with Crippen molar-refractivity contribution in [3.8, 4) is 11.3 Å². The third-order valence-electron chi connectivity index (χ3n) is 3.34. The van der Waals surface area contributed by atoms with Crippen LogP contribution in [0.5, 0.6) is 0 Å². The minimum absolute atomic E-state index is 0.437. The van der Waals surface area contributed by atoms with E-state index in [9.17, 15) is 0 Å². The van der Waals surface area contributed by atoms with Crippen molar-refractivity contribution >= 4 is 27.3 Å². The molecule has 2 N–H and O–H groups in total. The second-order valence-electron chi connectivity index (χ2n) is 5.03. The van der Waals surface area contributed by atoms with Gasteiger partial charge in [0.25, 0.3) is 0 Å². The predicted molar refractivity (Wildman–Crippen MR) is 83.6 cm³/mol. The Morgan fingerprint density at radius 3 is 2.53 bits per heavy atom. The van der Waals surface area contributed by atoms with Crippen molar-refractivity contribution in [3.05, 3.63) is 48.0 Å². The number of nitrogens with zero attached hydrogens (tertiary/aromatic N) is 1. The first kappa shape index (κ1) is 12.2. The number of hydrogen-bond donors (Lipinski definition) is 1. The van der Waals surface area contributed by atoms with Gasteiger partial charge in [-0.05, 0) is 35.1 Å². The number of anilines is 1. The van der Waals surface area contributed by atoms with Crippen molar-refractivity contribution < 1.29 is 0 Å². The average Bonchev–Trinajstić information content (AvgIpc) is 2.81. The number of nitrogen functional groups attached to an aromatic ring is 1. The van der Waals surface area contributed by atoms with Crippen molar-refractivity contribution in [1.82, 2.24) is 4.37 Å². The molecule has 0 unspecified atom stereocenters. The highest BCUT2D eigenvalue weighted by Gasteiger charge is 2.12. The van der Waals surface area contributed by atoms with Gasteiger partial charge in [0.05, 0.1) is 10.4 Å². The van der Waals surface area contributed by atoms with Gasteiger partial charge in [-0.1, -0.05) is 44.2 Å². The third kappa shape index (κ3) is 2.10. The molecular weight excluding hydrogens is 252 g/mol. The molecule has 0 fully saturated rings. The Balaban J connectivity index is 2.22. The van der Waals surface area contributed by atoms with Gasteiger partial charge >= 0.3 is 0 Å². The lowest BCUT2D eigenvalue weighted by atomic mass is 9.99. The second kappa shape index (κ2) is 4.67. The van der Waals surface area contributed by atoms with Crippen LogP contribution in [0, 0.1) is 0 Å². The van der Waals surface area contributed by atoms with Crippen molar-refractivity contribution in [3.63, 3.8) is 0 Å². The number of nitrogens with two attached hydrogens (primary N) is 1. The molecule has 96 valence electrons. The Morgan fingerprint density at radius 2 is 1.84 bits per heavy atom. The zero-order valence-electron chi connectivity index (χ0n) is 11.1. The molecule has 0 radical (unpaired) electrons. The van der Waals surface area contributed by atoms with Gasteiger partial charge in [0.1, 0.15) is 0 Å². The van der Waals surface area contributed by atoms with Crippen molar-refractivity contribution in [2.75, 3.05) is 5.73 Å². The summed E-state index contributed by atoms with van der Waals surface area (Å²) in [4.78, 5) is 0. The molecule has 0 bridgehead atoms. The van der Waals surface area contributed by atoms with Crippen LogP contribution in [0.2, 0.25) is 0 Å². The molecule has 3 rings (SSSR count). The lowest BCUT2D eigenvalue weighted by Gasteiger charge is -2.09. The second-order valence-corrected chi connectivity index (χ2v) is 5.83. The molecule has 0 atom stereocenters. The first-order valence-electron chi connectivity index (χ1n) is 6.41. The van der Waals surface area contributed by atoms with E-state index in [0.29, 0.717) is 5.92 Å². The molecule has 0 amide bonds. The van der Waals surface area contributed by atoms with Crippen LogP contribution < -0.4 is 5.73 Å². The average molecular weight is 268 g/mol. The van der Waals surface area contributed by atoms with E-state index in [1.54, 1.807) is 11.5 Å². The van der Waals surface area contributed by atoms with E-state index >= 15 is 0 Å². The number of aromatic nitrogens is 1. The maximum Gasteiger partial charge on any atom is 0.0920 e. The minimum Gasteiger partial charge on any atom is -0.398 e. The fourth-order valence-corrected chi connectivity index (χ4v) is 3.15. The fourth-order valence-electron chi connectivity index (χ4n) is 2.32. The van der Waals surface area contributed by atoms with Crippen LogP contribution in [0.25, 0.3) is 21.3 Å². The quantitative estimate of drug-likeness (QED) is 0.686. The predicted octanol–water partition coefficient (Wildman–Crippen LogP) is 4.67. The van der Waals surface area contributed by atoms with Crippen LogP contribution in [0.15, 0.2) is 42.5 Å². The zero-order chi connectivity index (χ0) is 13.4. The first-order chi connectivity index (χ1) is 9.16. The van der Waals surface area contributed by atoms with Gasteiger partial charge in [-0.25, -0.2) is 0 Å². The van der Waals surface area contributed by atoms with Crippen molar-refractivity contribution in [1.29, 1.82) is 0 Å². The van der Waals surface area contributed by atoms with E-state index in [2.05, 4.69) is 42.5 Å². The molecule has 2 aromatic carbocycles. The molecule has 0 aliphatic carbocycles. The Bertz CT molecular complexity index is 714. The molecular formula is C16H16N2S. The number of rotatable bonds is 2. The lowest BCUT2D eigenvalue weighted by Crippen LogP contribution is -1.95. The summed E-state index contributed by atoms with van der Waals surface area (Å²) in [5.74, 6) is 0.437. The maximum absolute atomic E-state index is 6.17. The van der Waals surface area contributed by atoms with Gasteiger partial charge in [0, 0.05) is 16.6 Å².